The summed E-state index contributed by atoms with van der Waals surface area (Å²) in [6.45, 7) is 7.69. The summed E-state index contributed by atoms with van der Waals surface area (Å²) in [5.41, 5.74) is 3.01. The molecule has 39 heavy (non-hydrogen) atoms. The minimum atomic E-state index is -0.914. The van der Waals surface area contributed by atoms with Crippen molar-refractivity contribution in [2.24, 2.45) is 0 Å². The molecular formula is C31H27ClN2O5. The van der Waals surface area contributed by atoms with Crippen molar-refractivity contribution in [3.8, 4) is 0 Å². The van der Waals surface area contributed by atoms with E-state index in [2.05, 4.69) is 26.1 Å². The van der Waals surface area contributed by atoms with Crippen LogP contribution in [0.25, 0.3) is 11.0 Å². The molecule has 1 unspecified atom stereocenters. The first-order chi connectivity index (χ1) is 18.4. The number of nitrogens with zero attached hydrogens (tertiary/aromatic N) is 1. The molecule has 2 heterocycles. The molecule has 0 fully saturated rings. The van der Waals surface area contributed by atoms with Crippen LogP contribution in [0.15, 0.2) is 88.5 Å². The number of aliphatic hydroxyl groups is 1. The van der Waals surface area contributed by atoms with Crippen LogP contribution < -0.4 is 10.2 Å². The molecule has 0 bridgehead atoms. The Hall–Kier alpha value is -4.36. The first-order valence-electron chi connectivity index (χ1n) is 12.4. The van der Waals surface area contributed by atoms with E-state index in [0.29, 0.717) is 32.9 Å². The lowest BCUT2D eigenvalue weighted by atomic mass is 9.85. The Bertz CT molecular complexity index is 1640. The summed E-state index contributed by atoms with van der Waals surface area (Å²) in [6, 6.07) is 19.9. The van der Waals surface area contributed by atoms with Crippen molar-refractivity contribution in [1.82, 2.24) is 0 Å². The monoisotopic (exact) mass is 542 g/mol. The first-order valence-corrected chi connectivity index (χ1v) is 12.8. The molecular weight excluding hydrogens is 516 g/mol. The summed E-state index contributed by atoms with van der Waals surface area (Å²) in [7, 11) is 0. The lowest BCUT2D eigenvalue weighted by Crippen LogP contribution is -2.31. The maximum Gasteiger partial charge on any atom is 0.294 e. The van der Waals surface area contributed by atoms with Crippen molar-refractivity contribution in [2.75, 3.05) is 10.2 Å². The van der Waals surface area contributed by atoms with E-state index in [1.54, 1.807) is 48.5 Å². The maximum absolute atomic E-state index is 13.8. The number of amides is 2. The minimum absolute atomic E-state index is 0.0132. The molecule has 5 rings (SSSR count). The van der Waals surface area contributed by atoms with Crippen molar-refractivity contribution < 1.29 is 23.9 Å². The summed E-state index contributed by atoms with van der Waals surface area (Å²) in [5.74, 6) is -2.20. The predicted octanol–water partition coefficient (Wildman–Crippen LogP) is 7.13. The number of benzene rings is 3. The van der Waals surface area contributed by atoms with Gasteiger partial charge in [-0.3, -0.25) is 19.3 Å². The fourth-order valence-corrected chi connectivity index (χ4v) is 4.93. The summed E-state index contributed by atoms with van der Waals surface area (Å²) >= 11 is 6.10. The average Bonchev–Trinajstić information content (AvgIpc) is 3.42. The molecule has 1 aliphatic rings. The number of anilines is 2. The van der Waals surface area contributed by atoms with Gasteiger partial charge in [0.1, 0.15) is 5.58 Å². The van der Waals surface area contributed by atoms with Gasteiger partial charge in [-0.15, -0.1) is 0 Å². The second-order valence-electron chi connectivity index (χ2n) is 10.6. The highest BCUT2D eigenvalue weighted by molar-refractivity contribution is 6.31. The maximum atomic E-state index is 13.8. The molecule has 7 nitrogen and oxygen atoms in total. The molecule has 0 spiro atoms. The Balaban J connectivity index is 1.61. The molecule has 4 aromatic rings. The van der Waals surface area contributed by atoms with Crippen molar-refractivity contribution in [2.45, 2.75) is 39.2 Å². The molecule has 2 amide bonds. The van der Waals surface area contributed by atoms with Gasteiger partial charge in [-0.1, -0.05) is 56.6 Å². The third-order valence-corrected chi connectivity index (χ3v) is 6.95. The van der Waals surface area contributed by atoms with Crippen molar-refractivity contribution in [3.05, 3.63) is 106 Å². The number of Topliss-reactive ketones (excluding diaryl/α,β-unsaturated/α-hetero) is 1. The number of hydrogen-bond donors (Lipinski definition) is 2. The summed E-state index contributed by atoms with van der Waals surface area (Å²) in [6.07, 6.45) is 0. The van der Waals surface area contributed by atoms with Gasteiger partial charge in [-0.2, -0.15) is 0 Å². The van der Waals surface area contributed by atoms with Gasteiger partial charge in [0.15, 0.2) is 11.5 Å². The Morgan fingerprint density at radius 3 is 2.26 bits per heavy atom. The van der Waals surface area contributed by atoms with Gasteiger partial charge in [0.05, 0.1) is 11.6 Å². The average molecular weight is 543 g/mol. The lowest BCUT2D eigenvalue weighted by molar-refractivity contribution is -0.117. The van der Waals surface area contributed by atoms with Crippen LogP contribution >= 0.6 is 11.6 Å². The molecule has 1 aliphatic heterocycles. The van der Waals surface area contributed by atoms with E-state index in [9.17, 15) is 19.5 Å². The topological polar surface area (TPSA) is 99.9 Å². The molecule has 8 heteroatoms. The zero-order valence-corrected chi connectivity index (χ0v) is 22.7. The van der Waals surface area contributed by atoms with Crippen LogP contribution in [-0.2, 0) is 15.0 Å². The summed E-state index contributed by atoms with van der Waals surface area (Å²) in [4.78, 5) is 40.2. The van der Waals surface area contributed by atoms with Gasteiger partial charge in [-0.05, 0) is 65.1 Å². The van der Waals surface area contributed by atoms with E-state index in [0.717, 1.165) is 5.56 Å². The number of halogens is 1. The minimum Gasteiger partial charge on any atom is -0.503 e. The SMILES string of the molecule is CC(=O)Nc1ccc(N2C(=O)C(O)=C(C(=O)c3cc4cc(Cl)ccc4o3)C2c2ccc(C(C)(C)C)cc2)cc1. The fourth-order valence-electron chi connectivity index (χ4n) is 4.75. The van der Waals surface area contributed by atoms with E-state index in [1.807, 2.05) is 24.3 Å². The number of nitrogens with one attached hydrogen (secondary N) is 1. The highest BCUT2D eigenvalue weighted by Crippen LogP contribution is 2.43. The number of carbonyl (C=O) groups excluding carboxylic acids is 3. The van der Waals surface area contributed by atoms with E-state index in [-0.39, 0.29) is 22.7 Å². The molecule has 198 valence electrons. The number of fused-ring (bicyclic) bond motifs is 1. The highest BCUT2D eigenvalue weighted by atomic mass is 35.5. The van der Waals surface area contributed by atoms with Crippen molar-refractivity contribution in [3.63, 3.8) is 0 Å². The van der Waals surface area contributed by atoms with E-state index < -0.39 is 23.5 Å². The molecule has 0 radical (unpaired) electrons. The molecule has 3 aromatic carbocycles. The number of ketones is 1. The Morgan fingerprint density at radius 1 is 0.974 bits per heavy atom. The van der Waals surface area contributed by atoms with E-state index >= 15 is 0 Å². The quantitative estimate of drug-likeness (QED) is 0.261. The fraction of sp³-hybridized carbons (Fsp3) is 0.194. The van der Waals surface area contributed by atoms with Crippen LogP contribution in [-0.4, -0.2) is 22.7 Å². The van der Waals surface area contributed by atoms with Crippen LogP contribution in [0.3, 0.4) is 0 Å². The number of rotatable bonds is 5. The van der Waals surface area contributed by atoms with Gasteiger partial charge in [-0.25, -0.2) is 0 Å². The normalized spacial score (nSPS) is 15.8. The molecule has 0 saturated heterocycles. The van der Waals surface area contributed by atoms with E-state index in [4.69, 9.17) is 16.0 Å². The third kappa shape index (κ3) is 4.93. The first kappa shape index (κ1) is 26.3. The van der Waals surface area contributed by atoms with Crippen LogP contribution in [0.1, 0.15) is 55.4 Å². The van der Waals surface area contributed by atoms with Gasteiger partial charge in [0.2, 0.25) is 11.7 Å². The standard InChI is InChI=1S/C31H27ClN2O5/c1-17(35)33-22-10-12-23(13-11-22)34-27(18-5-7-20(8-6-18)31(2,3)4)26(29(37)30(34)38)28(36)25-16-19-15-21(32)9-14-24(19)39-25/h5-16,27,37H,1-4H3,(H,33,35). The molecule has 2 N–H and O–H groups in total. The van der Waals surface area contributed by atoms with Gasteiger partial charge in [0.25, 0.3) is 5.91 Å². The van der Waals surface area contributed by atoms with Gasteiger partial charge >= 0.3 is 0 Å². The smallest absolute Gasteiger partial charge is 0.294 e. The second kappa shape index (κ2) is 9.75. The van der Waals surface area contributed by atoms with Crippen molar-refractivity contribution >= 4 is 51.5 Å². The summed E-state index contributed by atoms with van der Waals surface area (Å²) < 4.78 is 5.80. The Kier molecular flexibility index (Phi) is 6.56. The van der Waals surface area contributed by atoms with Crippen LogP contribution in [0.5, 0.6) is 0 Å². The van der Waals surface area contributed by atoms with Crippen LogP contribution in [0.2, 0.25) is 5.02 Å². The zero-order chi connectivity index (χ0) is 28.1. The Labute approximate surface area is 230 Å². The largest absolute Gasteiger partial charge is 0.503 e. The van der Waals surface area contributed by atoms with Crippen LogP contribution in [0.4, 0.5) is 11.4 Å². The molecule has 0 aliphatic carbocycles. The third-order valence-electron chi connectivity index (χ3n) is 6.71. The molecule has 1 atom stereocenters. The number of aliphatic hydroxyl groups excluding tert-OH is 1. The zero-order valence-electron chi connectivity index (χ0n) is 21.9. The number of hydrogen-bond acceptors (Lipinski definition) is 5. The number of furan rings is 1. The number of carbonyl (C=O) groups is 3. The van der Waals surface area contributed by atoms with Gasteiger partial charge in [0, 0.05) is 28.7 Å². The van der Waals surface area contributed by atoms with Crippen molar-refractivity contribution in [1.29, 1.82) is 0 Å². The lowest BCUT2D eigenvalue weighted by Gasteiger charge is -2.28. The molecule has 1 aromatic heterocycles. The van der Waals surface area contributed by atoms with Gasteiger partial charge < -0.3 is 14.8 Å². The second-order valence-corrected chi connectivity index (χ2v) is 11.0. The predicted molar refractivity (Wildman–Crippen MR) is 151 cm³/mol. The van der Waals surface area contributed by atoms with E-state index in [1.165, 1.54) is 11.8 Å². The summed E-state index contributed by atoms with van der Waals surface area (Å²) in [5, 5.41) is 14.9. The Morgan fingerprint density at radius 2 is 1.64 bits per heavy atom. The highest BCUT2D eigenvalue weighted by Gasteiger charge is 2.45. The van der Waals surface area contributed by atoms with Crippen LogP contribution in [0, 0.1) is 0 Å². The molecule has 0 saturated carbocycles.